The molecule has 0 N–H and O–H groups in total. The molecular weight excluding hydrogens is 162 g/mol. The quantitative estimate of drug-likeness (QED) is 0.647. The molecule has 2 heteroatoms. The van der Waals surface area contributed by atoms with E-state index >= 15 is 0 Å². The Morgan fingerprint density at radius 1 is 1.31 bits per heavy atom. The van der Waals surface area contributed by atoms with Gasteiger partial charge < -0.3 is 4.74 Å². The van der Waals surface area contributed by atoms with E-state index in [-0.39, 0.29) is 0 Å². The Morgan fingerprint density at radius 3 is 2.54 bits per heavy atom. The van der Waals surface area contributed by atoms with Crippen molar-refractivity contribution in [1.29, 1.82) is 0 Å². The zero-order valence-electron chi connectivity index (χ0n) is 8.16. The van der Waals surface area contributed by atoms with Crippen molar-refractivity contribution in [3.8, 4) is 5.75 Å². The molecule has 13 heavy (non-hydrogen) atoms. The summed E-state index contributed by atoms with van der Waals surface area (Å²) in [6, 6.07) is 7.73. The molecule has 0 aliphatic carbocycles. The summed E-state index contributed by atoms with van der Waals surface area (Å²) in [5.41, 5.74) is 0.981. The first-order valence-corrected chi connectivity index (χ1v) is 4.53. The third-order valence-corrected chi connectivity index (χ3v) is 1.73. The molecular formula is C11H15NO. The monoisotopic (exact) mass is 177 g/mol. The molecule has 0 aliphatic heterocycles. The van der Waals surface area contributed by atoms with E-state index < -0.39 is 0 Å². The molecule has 0 spiro atoms. The summed E-state index contributed by atoms with van der Waals surface area (Å²) in [5.74, 6) is 0.870. The number of hydrogen-bond donors (Lipinski definition) is 0. The summed E-state index contributed by atoms with van der Waals surface area (Å²) in [4.78, 5) is 4.29. The lowest BCUT2D eigenvalue weighted by molar-refractivity contribution is 0.415. The van der Waals surface area contributed by atoms with Crippen LogP contribution in [0.15, 0.2) is 29.3 Å². The highest BCUT2D eigenvalue weighted by Crippen LogP contribution is 2.17. The molecule has 0 bridgehead atoms. The van der Waals surface area contributed by atoms with E-state index in [4.69, 9.17) is 4.74 Å². The Morgan fingerprint density at radius 2 is 2.00 bits per heavy atom. The topological polar surface area (TPSA) is 21.6 Å². The molecule has 1 aromatic carbocycles. The summed E-state index contributed by atoms with van der Waals surface area (Å²) in [7, 11) is 1.66. The van der Waals surface area contributed by atoms with Gasteiger partial charge in [-0.1, -0.05) is 13.3 Å². The summed E-state index contributed by atoms with van der Waals surface area (Å²) in [6.07, 6.45) is 4.12. The fourth-order valence-electron chi connectivity index (χ4n) is 0.967. The van der Waals surface area contributed by atoms with Gasteiger partial charge in [0.15, 0.2) is 0 Å². The van der Waals surface area contributed by atoms with E-state index in [1.807, 2.05) is 30.5 Å². The van der Waals surface area contributed by atoms with Crippen LogP contribution in [0.25, 0.3) is 0 Å². The van der Waals surface area contributed by atoms with Gasteiger partial charge in [0.2, 0.25) is 0 Å². The van der Waals surface area contributed by atoms with Crippen LogP contribution in [0, 0.1) is 0 Å². The van der Waals surface area contributed by atoms with Crippen molar-refractivity contribution in [1.82, 2.24) is 0 Å². The Hall–Kier alpha value is -1.31. The largest absolute Gasteiger partial charge is 0.497 e. The molecule has 0 atom stereocenters. The summed E-state index contributed by atoms with van der Waals surface area (Å²) in [6.45, 7) is 2.14. The maximum atomic E-state index is 5.04. The van der Waals surface area contributed by atoms with Gasteiger partial charge in [-0.25, -0.2) is 0 Å². The van der Waals surface area contributed by atoms with Gasteiger partial charge in [-0.3, -0.25) is 4.99 Å². The van der Waals surface area contributed by atoms with Gasteiger partial charge in [0, 0.05) is 6.21 Å². The van der Waals surface area contributed by atoms with Gasteiger partial charge in [0.1, 0.15) is 5.75 Å². The van der Waals surface area contributed by atoms with Gasteiger partial charge in [-0.05, 0) is 30.7 Å². The highest BCUT2D eigenvalue weighted by Gasteiger charge is 1.89. The van der Waals surface area contributed by atoms with Gasteiger partial charge in [-0.2, -0.15) is 0 Å². The highest BCUT2D eigenvalue weighted by molar-refractivity contribution is 5.63. The smallest absolute Gasteiger partial charge is 0.119 e. The molecule has 0 aliphatic rings. The van der Waals surface area contributed by atoms with Crippen molar-refractivity contribution in [3.63, 3.8) is 0 Å². The molecule has 70 valence electrons. The second-order valence-corrected chi connectivity index (χ2v) is 2.80. The minimum atomic E-state index is 0.870. The minimum absolute atomic E-state index is 0.870. The van der Waals surface area contributed by atoms with Crippen LogP contribution in [-0.4, -0.2) is 13.3 Å². The van der Waals surface area contributed by atoms with Crippen LogP contribution < -0.4 is 4.74 Å². The average molecular weight is 177 g/mol. The average Bonchev–Trinajstić information content (AvgIpc) is 2.19. The normalized spacial score (nSPS) is 10.6. The predicted octanol–water partition coefficient (Wildman–Crippen LogP) is 3.20. The lowest BCUT2D eigenvalue weighted by Gasteiger charge is -1.98. The Labute approximate surface area is 79.3 Å². The van der Waals surface area contributed by atoms with E-state index in [0.717, 1.165) is 24.3 Å². The maximum Gasteiger partial charge on any atom is 0.119 e. The molecule has 1 rings (SSSR count). The van der Waals surface area contributed by atoms with Crippen LogP contribution >= 0.6 is 0 Å². The number of unbranched alkanes of at least 4 members (excludes halogenated alkanes) is 1. The van der Waals surface area contributed by atoms with Crippen molar-refractivity contribution in [3.05, 3.63) is 24.3 Å². The molecule has 0 saturated carbocycles. The van der Waals surface area contributed by atoms with Crippen LogP contribution in [0.2, 0.25) is 0 Å². The van der Waals surface area contributed by atoms with Crippen LogP contribution in [0.1, 0.15) is 19.8 Å². The van der Waals surface area contributed by atoms with Crippen molar-refractivity contribution in [2.24, 2.45) is 4.99 Å². The number of aliphatic imine (C=N–C) groups is 1. The molecule has 0 amide bonds. The highest BCUT2D eigenvalue weighted by atomic mass is 16.5. The van der Waals surface area contributed by atoms with Crippen molar-refractivity contribution < 1.29 is 4.74 Å². The van der Waals surface area contributed by atoms with E-state index in [2.05, 4.69) is 11.9 Å². The third-order valence-electron chi connectivity index (χ3n) is 1.73. The van der Waals surface area contributed by atoms with Gasteiger partial charge in [-0.15, -0.1) is 0 Å². The van der Waals surface area contributed by atoms with Crippen LogP contribution in [0.3, 0.4) is 0 Å². The first kappa shape index (κ1) is 9.78. The van der Waals surface area contributed by atoms with Crippen LogP contribution in [-0.2, 0) is 0 Å². The van der Waals surface area contributed by atoms with Crippen LogP contribution in [0.4, 0.5) is 5.69 Å². The molecule has 2 nitrogen and oxygen atoms in total. The number of rotatable bonds is 4. The second kappa shape index (κ2) is 5.36. The molecule has 0 aromatic heterocycles. The van der Waals surface area contributed by atoms with E-state index in [0.29, 0.717) is 0 Å². The van der Waals surface area contributed by atoms with E-state index in [9.17, 15) is 0 Å². The summed E-state index contributed by atoms with van der Waals surface area (Å²) >= 11 is 0. The maximum absolute atomic E-state index is 5.04. The second-order valence-electron chi connectivity index (χ2n) is 2.80. The van der Waals surface area contributed by atoms with Crippen LogP contribution in [0.5, 0.6) is 5.75 Å². The van der Waals surface area contributed by atoms with Crippen molar-refractivity contribution in [2.45, 2.75) is 19.8 Å². The summed E-state index contributed by atoms with van der Waals surface area (Å²) in [5, 5.41) is 0. The SMILES string of the molecule is CCCC=Nc1ccc(OC)cc1. The molecule has 0 radical (unpaired) electrons. The standard InChI is InChI=1S/C11H15NO/c1-3-4-9-12-10-5-7-11(13-2)8-6-10/h5-9H,3-4H2,1-2H3. The lowest BCUT2D eigenvalue weighted by atomic mass is 10.3. The fourth-order valence-corrected chi connectivity index (χ4v) is 0.967. The van der Waals surface area contributed by atoms with Crippen molar-refractivity contribution >= 4 is 11.9 Å². The molecule has 0 unspecified atom stereocenters. The number of nitrogens with zero attached hydrogens (tertiary/aromatic N) is 1. The van der Waals surface area contributed by atoms with Gasteiger partial charge in [0.05, 0.1) is 12.8 Å². The minimum Gasteiger partial charge on any atom is -0.497 e. The fraction of sp³-hybridized carbons (Fsp3) is 0.364. The lowest BCUT2D eigenvalue weighted by Crippen LogP contribution is -1.80. The van der Waals surface area contributed by atoms with Gasteiger partial charge in [0.25, 0.3) is 0 Å². The first-order valence-electron chi connectivity index (χ1n) is 4.53. The Bertz CT molecular complexity index is 264. The number of ether oxygens (including phenoxy) is 1. The molecule has 0 heterocycles. The Balaban J connectivity index is 2.58. The first-order chi connectivity index (χ1) is 6.36. The number of hydrogen-bond acceptors (Lipinski definition) is 2. The zero-order valence-corrected chi connectivity index (χ0v) is 8.16. The van der Waals surface area contributed by atoms with Gasteiger partial charge >= 0.3 is 0 Å². The molecule has 0 fully saturated rings. The number of methoxy groups -OCH3 is 1. The number of benzene rings is 1. The predicted molar refractivity (Wildman–Crippen MR) is 56.1 cm³/mol. The van der Waals surface area contributed by atoms with E-state index in [1.165, 1.54) is 0 Å². The van der Waals surface area contributed by atoms with Crippen molar-refractivity contribution in [2.75, 3.05) is 7.11 Å². The third kappa shape index (κ3) is 3.28. The van der Waals surface area contributed by atoms with E-state index in [1.54, 1.807) is 7.11 Å². The molecule has 0 saturated heterocycles. The molecule has 1 aromatic rings. The summed E-state index contributed by atoms with van der Waals surface area (Å²) < 4.78 is 5.04. The zero-order chi connectivity index (χ0) is 9.52. The Kier molecular flexibility index (Phi) is 4.03.